The molecule has 186 valence electrons. The van der Waals surface area contributed by atoms with Crippen LogP contribution in [0.15, 0.2) is 41.4 Å². The van der Waals surface area contributed by atoms with Crippen LogP contribution in [0.25, 0.3) is 11.0 Å². The molecule has 4 rings (SSSR count). The van der Waals surface area contributed by atoms with Crippen LogP contribution in [0.2, 0.25) is 0 Å². The van der Waals surface area contributed by atoms with Crippen LogP contribution < -0.4 is 15.3 Å². The summed E-state index contributed by atoms with van der Waals surface area (Å²) in [6.07, 6.45) is -2.33. The molecule has 9 nitrogen and oxygen atoms in total. The van der Waals surface area contributed by atoms with Crippen molar-refractivity contribution in [2.45, 2.75) is 25.8 Å². The first-order valence-electron chi connectivity index (χ1n) is 11.1. The van der Waals surface area contributed by atoms with Crippen molar-refractivity contribution in [2.24, 2.45) is 4.99 Å². The molecule has 2 N–H and O–H groups in total. The number of hydrogen-bond acceptors (Lipinski definition) is 5. The highest BCUT2D eigenvalue weighted by atomic mass is 19.3. The van der Waals surface area contributed by atoms with Gasteiger partial charge in [0.25, 0.3) is 18.2 Å². The van der Waals surface area contributed by atoms with Gasteiger partial charge in [-0.1, -0.05) is 12.1 Å². The van der Waals surface area contributed by atoms with Crippen LogP contribution in [0.4, 0.5) is 14.5 Å². The minimum atomic E-state index is -2.71. The summed E-state index contributed by atoms with van der Waals surface area (Å²) in [5.74, 6) is -0.459. The number of methoxy groups -OCH3 is 1. The number of aromatic nitrogens is 2. The lowest BCUT2D eigenvalue weighted by molar-refractivity contribution is -0.125. The molecule has 35 heavy (non-hydrogen) atoms. The highest BCUT2D eigenvalue weighted by Crippen LogP contribution is 2.34. The molecule has 0 saturated carbocycles. The van der Waals surface area contributed by atoms with Crippen LogP contribution in [0, 0.1) is 0 Å². The number of aliphatic hydroxyl groups excluding tert-OH is 1. The SMILES string of the molecule is COc1cc2c(cc1N1CCOCC1=O)[nH]/c(=N\C(=O)c1cccc(C(F)F)c1)n2[C@H](C)CCO. The first kappa shape index (κ1) is 24.6. The Morgan fingerprint density at radius 3 is 2.80 bits per heavy atom. The number of morpholine rings is 1. The maximum Gasteiger partial charge on any atom is 0.280 e. The maximum atomic E-state index is 13.1. The summed E-state index contributed by atoms with van der Waals surface area (Å²) >= 11 is 0. The molecule has 0 spiro atoms. The molecule has 1 atom stereocenters. The fourth-order valence-electron chi connectivity index (χ4n) is 4.11. The van der Waals surface area contributed by atoms with Crippen molar-refractivity contribution in [2.75, 3.05) is 38.4 Å². The van der Waals surface area contributed by atoms with Crippen LogP contribution in [-0.4, -0.2) is 59.9 Å². The van der Waals surface area contributed by atoms with Crippen molar-refractivity contribution >= 4 is 28.5 Å². The van der Waals surface area contributed by atoms with Crippen LogP contribution in [-0.2, 0) is 9.53 Å². The van der Waals surface area contributed by atoms with Gasteiger partial charge in [-0.15, -0.1) is 0 Å². The molecule has 0 aliphatic carbocycles. The van der Waals surface area contributed by atoms with Gasteiger partial charge in [-0.25, -0.2) is 8.78 Å². The van der Waals surface area contributed by atoms with Crippen molar-refractivity contribution in [1.29, 1.82) is 0 Å². The van der Waals surface area contributed by atoms with Crippen molar-refractivity contribution in [3.8, 4) is 5.75 Å². The van der Waals surface area contributed by atoms with E-state index < -0.39 is 12.3 Å². The van der Waals surface area contributed by atoms with Gasteiger partial charge >= 0.3 is 0 Å². The van der Waals surface area contributed by atoms with E-state index in [4.69, 9.17) is 9.47 Å². The standard InChI is InChI=1S/C24H26F2N4O5/c1-14(6-8-31)30-18-12-20(34-2)19(29-7-9-35-13-21(29)32)11-17(18)27-24(30)28-23(33)16-5-3-4-15(10-16)22(25)26/h3-5,10-12,14,22,31H,6-9,13H2,1-2H3,(H,27,28,33)/t14-/m1/s1. The minimum Gasteiger partial charge on any atom is -0.494 e. The third-order valence-electron chi connectivity index (χ3n) is 5.89. The maximum absolute atomic E-state index is 13.1. The van der Waals surface area contributed by atoms with Crippen LogP contribution in [0.1, 0.15) is 41.7 Å². The molecular formula is C24H26F2N4O5. The molecule has 0 radical (unpaired) electrons. The van der Waals surface area contributed by atoms with E-state index in [0.29, 0.717) is 42.0 Å². The Morgan fingerprint density at radius 1 is 1.31 bits per heavy atom. The number of anilines is 1. The molecule has 3 aromatic rings. The molecule has 1 saturated heterocycles. The number of fused-ring (bicyclic) bond motifs is 1. The predicted molar refractivity (Wildman–Crippen MR) is 124 cm³/mol. The number of alkyl halides is 2. The molecule has 1 fully saturated rings. The minimum absolute atomic E-state index is 0.0278. The normalized spacial score (nSPS) is 15.8. The van der Waals surface area contributed by atoms with Gasteiger partial charge in [0, 0.05) is 36.4 Å². The van der Waals surface area contributed by atoms with Crippen LogP contribution >= 0.6 is 0 Å². The second-order valence-corrected chi connectivity index (χ2v) is 8.16. The van der Waals surface area contributed by atoms with Crippen molar-refractivity contribution in [3.63, 3.8) is 0 Å². The Balaban J connectivity index is 1.87. The zero-order valence-electron chi connectivity index (χ0n) is 19.3. The van der Waals surface area contributed by atoms with Gasteiger partial charge in [0.1, 0.15) is 12.4 Å². The number of aromatic amines is 1. The van der Waals surface area contributed by atoms with E-state index in [0.717, 1.165) is 6.07 Å². The lowest BCUT2D eigenvalue weighted by Gasteiger charge is -2.28. The predicted octanol–water partition coefficient (Wildman–Crippen LogP) is 2.96. The van der Waals surface area contributed by atoms with E-state index in [-0.39, 0.29) is 41.9 Å². The Hall–Kier alpha value is -3.57. The third kappa shape index (κ3) is 4.96. The number of H-pyrrole nitrogens is 1. The van der Waals surface area contributed by atoms with E-state index in [2.05, 4.69) is 9.98 Å². The summed E-state index contributed by atoms with van der Waals surface area (Å²) in [6, 6.07) is 8.37. The lowest BCUT2D eigenvalue weighted by Crippen LogP contribution is -2.41. The first-order chi connectivity index (χ1) is 16.8. The van der Waals surface area contributed by atoms with E-state index in [9.17, 15) is 23.5 Å². The third-order valence-corrected chi connectivity index (χ3v) is 5.89. The molecule has 1 aromatic heterocycles. The van der Waals surface area contributed by atoms with Crippen LogP contribution in [0.3, 0.4) is 0 Å². The largest absolute Gasteiger partial charge is 0.494 e. The average Bonchev–Trinajstić information content (AvgIpc) is 3.20. The average molecular weight is 488 g/mol. The topological polar surface area (TPSA) is 109 Å². The molecule has 2 amide bonds. The summed E-state index contributed by atoms with van der Waals surface area (Å²) < 4.78 is 38.7. The zero-order valence-corrected chi connectivity index (χ0v) is 19.3. The summed E-state index contributed by atoms with van der Waals surface area (Å²) in [6.45, 7) is 2.47. The first-order valence-corrected chi connectivity index (χ1v) is 11.1. The highest BCUT2D eigenvalue weighted by Gasteiger charge is 2.25. The molecule has 11 heteroatoms. The number of rotatable bonds is 7. The van der Waals surface area contributed by atoms with Crippen molar-refractivity contribution < 1.29 is 33.0 Å². The fraction of sp³-hybridized carbons (Fsp3) is 0.375. The van der Waals surface area contributed by atoms with Gasteiger partial charge in [0.05, 0.1) is 30.4 Å². The van der Waals surface area contributed by atoms with E-state index in [1.807, 2.05) is 6.92 Å². The smallest absolute Gasteiger partial charge is 0.280 e. The number of halogens is 2. The Morgan fingerprint density at radius 2 is 2.11 bits per heavy atom. The summed E-state index contributed by atoms with van der Waals surface area (Å²) in [5, 5.41) is 9.51. The molecule has 0 unspecified atom stereocenters. The van der Waals surface area contributed by atoms with E-state index in [1.165, 1.54) is 25.3 Å². The van der Waals surface area contributed by atoms with Crippen molar-refractivity contribution in [1.82, 2.24) is 9.55 Å². The van der Waals surface area contributed by atoms with Gasteiger partial charge in [-0.3, -0.25) is 9.59 Å². The van der Waals surface area contributed by atoms with Gasteiger partial charge in [-0.05, 0) is 31.5 Å². The number of imidazole rings is 1. The number of benzene rings is 2. The number of amides is 2. The number of ether oxygens (including phenoxy) is 2. The summed E-state index contributed by atoms with van der Waals surface area (Å²) in [4.78, 5) is 34.2. The van der Waals surface area contributed by atoms with E-state index >= 15 is 0 Å². The second kappa shape index (κ2) is 10.4. The van der Waals surface area contributed by atoms with E-state index in [1.54, 1.807) is 21.6 Å². The second-order valence-electron chi connectivity index (χ2n) is 8.16. The number of carbonyl (C=O) groups is 2. The molecular weight excluding hydrogens is 462 g/mol. The molecule has 2 aromatic carbocycles. The number of nitrogens with one attached hydrogen (secondary N) is 1. The van der Waals surface area contributed by atoms with Gasteiger partial charge in [0.15, 0.2) is 0 Å². The van der Waals surface area contributed by atoms with Crippen LogP contribution in [0.5, 0.6) is 5.75 Å². The zero-order chi connectivity index (χ0) is 25.1. The highest BCUT2D eigenvalue weighted by molar-refractivity contribution is 5.99. The summed E-state index contributed by atoms with van der Waals surface area (Å²) in [5.41, 5.74) is 1.70. The summed E-state index contributed by atoms with van der Waals surface area (Å²) in [7, 11) is 1.49. The number of nitrogens with zero attached hydrogens (tertiary/aromatic N) is 3. The Bertz CT molecular complexity index is 1320. The molecule has 1 aliphatic heterocycles. The Kier molecular flexibility index (Phi) is 7.27. The molecule has 1 aliphatic rings. The fourth-order valence-corrected chi connectivity index (χ4v) is 4.11. The molecule has 2 heterocycles. The Labute approximate surface area is 199 Å². The van der Waals surface area contributed by atoms with Crippen molar-refractivity contribution in [3.05, 3.63) is 53.1 Å². The van der Waals surface area contributed by atoms with Gasteiger partial charge in [-0.2, -0.15) is 4.99 Å². The lowest BCUT2D eigenvalue weighted by atomic mass is 10.1. The number of aliphatic hydroxyl groups is 1. The monoisotopic (exact) mass is 488 g/mol. The number of hydrogen-bond donors (Lipinski definition) is 2. The molecule has 0 bridgehead atoms. The van der Waals surface area contributed by atoms with Gasteiger partial charge < -0.3 is 29.0 Å². The number of carbonyl (C=O) groups excluding carboxylic acids is 2. The quantitative estimate of drug-likeness (QED) is 0.532. The van der Waals surface area contributed by atoms with Gasteiger partial charge in [0.2, 0.25) is 5.62 Å².